The Balaban J connectivity index is 1.05. The van der Waals surface area contributed by atoms with Gasteiger partial charge < -0.3 is 25.6 Å². The normalized spacial score (nSPS) is 21.7. The summed E-state index contributed by atoms with van der Waals surface area (Å²) in [5.74, 6) is 0.784. The third kappa shape index (κ3) is 5.73. The maximum Gasteiger partial charge on any atom is 0.270 e. The molecule has 11 nitrogen and oxygen atoms in total. The zero-order chi connectivity index (χ0) is 25.9. The molecule has 12 heteroatoms. The lowest BCUT2D eigenvalue weighted by Crippen LogP contribution is -2.45. The molecule has 1 unspecified atom stereocenters. The summed E-state index contributed by atoms with van der Waals surface area (Å²) in [6.45, 7) is 7.44. The molecule has 202 valence electrons. The van der Waals surface area contributed by atoms with Crippen molar-refractivity contribution >= 4 is 38.5 Å². The number of carbonyl (C=O) groups is 1. The summed E-state index contributed by atoms with van der Waals surface area (Å²) in [4.78, 5) is 39.1. The van der Waals surface area contributed by atoms with Crippen molar-refractivity contribution in [3.63, 3.8) is 0 Å². The largest absolute Gasteiger partial charge is 0.378 e. The Morgan fingerprint density at radius 3 is 2.74 bits per heavy atom. The van der Waals surface area contributed by atoms with Gasteiger partial charge in [0.1, 0.15) is 17.5 Å². The SMILES string of the molecule is NC1CCCN(Cc2ccnc(C(=O)NC3CCN(c4nc5c(N6CCOCC6)ncnc5s4)CC3)c2)C1. The summed E-state index contributed by atoms with van der Waals surface area (Å²) < 4.78 is 5.49. The highest BCUT2D eigenvalue weighted by Gasteiger charge is 2.26. The van der Waals surface area contributed by atoms with Crippen LogP contribution in [0.15, 0.2) is 24.7 Å². The van der Waals surface area contributed by atoms with Crippen LogP contribution in [0.1, 0.15) is 41.7 Å². The van der Waals surface area contributed by atoms with Crippen molar-refractivity contribution in [2.24, 2.45) is 5.73 Å². The Bertz CT molecular complexity index is 1260. The average molecular weight is 538 g/mol. The van der Waals surface area contributed by atoms with Crippen molar-refractivity contribution in [3.8, 4) is 0 Å². The van der Waals surface area contributed by atoms with E-state index in [1.807, 2.05) is 12.1 Å². The van der Waals surface area contributed by atoms with Crippen molar-refractivity contribution in [3.05, 3.63) is 35.9 Å². The van der Waals surface area contributed by atoms with Gasteiger partial charge in [-0.15, -0.1) is 0 Å². The number of hydrogen-bond donors (Lipinski definition) is 2. The fraction of sp³-hybridized carbons (Fsp3) is 0.577. The lowest BCUT2D eigenvalue weighted by atomic mass is 10.0. The van der Waals surface area contributed by atoms with Crippen LogP contribution >= 0.6 is 11.3 Å². The van der Waals surface area contributed by atoms with Crippen LogP contribution < -0.4 is 20.9 Å². The van der Waals surface area contributed by atoms with Gasteiger partial charge >= 0.3 is 0 Å². The number of nitrogens with one attached hydrogen (secondary N) is 1. The first-order valence-electron chi connectivity index (χ1n) is 13.6. The highest BCUT2D eigenvalue weighted by atomic mass is 32.1. The van der Waals surface area contributed by atoms with Gasteiger partial charge in [-0.25, -0.2) is 15.0 Å². The molecule has 0 aromatic carbocycles. The Morgan fingerprint density at radius 2 is 1.92 bits per heavy atom. The standard InChI is InChI=1S/C26H35N9O2S/c27-19-2-1-7-33(16-19)15-18-3-6-28-21(14-18)24(36)31-20-4-8-35(9-5-20)26-32-22-23(29-17-30-25(22)38-26)34-10-12-37-13-11-34/h3,6,14,17,19-20H,1-2,4-5,7-13,15-16,27H2,(H,31,36). The van der Waals surface area contributed by atoms with Crippen molar-refractivity contribution in [1.82, 2.24) is 30.2 Å². The molecule has 6 heterocycles. The number of fused-ring (bicyclic) bond motifs is 1. The molecule has 0 radical (unpaired) electrons. The Morgan fingerprint density at radius 1 is 1.08 bits per heavy atom. The van der Waals surface area contributed by atoms with E-state index in [4.69, 9.17) is 15.5 Å². The first-order chi connectivity index (χ1) is 18.6. The minimum absolute atomic E-state index is 0.106. The minimum Gasteiger partial charge on any atom is -0.378 e. The van der Waals surface area contributed by atoms with Gasteiger partial charge in [0, 0.05) is 57.5 Å². The number of carbonyl (C=O) groups excluding carboxylic acids is 1. The van der Waals surface area contributed by atoms with Crippen LogP contribution in [0.3, 0.4) is 0 Å². The molecule has 3 N–H and O–H groups in total. The van der Waals surface area contributed by atoms with Gasteiger partial charge in [-0.05, 0) is 49.9 Å². The zero-order valence-corrected chi connectivity index (χ0v) is 22.4. The third-order valence-electron chi connectivity index (χ3n) is 7.58. The van der Waals surface area contributed by atoms with Crippen LogP contribution in [0.5, 0.6) is 0 Å². The summed E-state index contributed by atoms with van der Waals surface area (Å²) in [5, 5.41) is 4.17. The number of ether oxygens (including phenoxy) is 1. The van der Waals surface area contributed by atoms with Crippen LogP contribution in [0.25, 0.3) is 10.3 Å². The summed E-state index contributed by atoms with van der Waals surface area (Å²) >= 11 is 1.61. The van der Waals surface area contributed by atoms with Crippen molar-refractivity contribution in [2.45, 2.75) is 44.3 Å². The van der Waals surface area contributed by atoms with Gasteiger partial charge in [-0.2, -0.15) is 0 Å². The molecule has 3 aromatic heterocycles. The Labute approximate surface area is 226 Å². The molecule has 0 aliphatic carbocycles. The topological polar surface area (TPSA) is 126 Å². The highest BCUT2D eigenvalue weighted by molar-refractivity contribution is 7.21. The van der Waals surface area contributed by atoms with Crippen LogP contribution in [-0.2, 0) is 11.3 Å². The van der Waals surface area contributed by atoms with Gasteiger partial charge in [0.15, 0.2) is 15.8 Å². The van der Waals surface area contributed by atoms with E-state index in [0.717, 1.165) is 98.4 Å². The van der Waals surface area contributed by atoms with Crippen LogP contribution in [0.2, 0.25) is 0 Å². The molecule has 38 heavy (non-hydrogen) atoms. The fourth-order valence-corrected chi connectivity index (χ4v) is 6.49. The molecular formula is C26H35N9O2S. The van der Waals surface area contributed by atoms with Crippen LogP contribution in [0.4, 0.5) is 10.9 Å². The van der Waals surface area contributed by atoms with Gasteiger partial charge in [0.25, 0.3) is 5.91 Å². The lowest BCUT2D eigenvalue weighted by molar-refractivity contribution is 0.0925. The number of pyridine rings is 1. The number of hydrogen-bond acceptors (Lipinski definition) is 11. The van der Waals surface area contributed by atoms with E-state index in [-0.39, 0.29) is 18.0 Å². The van der Waals surface area contributed by atoms with Gasteiger partial charge in [0.2, 0.25) is 0 Å². The quantitative estimate of drug-likeness (QED) is 0.479. The molecule has 3 aliphatic heterocycles. The number of morpholine rings is 1. The molecule has 0 spiro atoms. The summed E-state index contributed by atoms with van der Waals surface area (Å²) in [7, 11) is 0. The second-order valence-corrected chi connectivity index (χ2v) is 11.3. The number of thiazole rings is 1. The Hall–Kier alpha value is -2.93. The second-order valence-electron chi connectivity index (χ2n) is 10.4. The van der Waals surface area contributed by atoms with Crippen molar-refractivity contribution < 1.29 is 9.53 Å². The van der Waals surface area contributed by atoms with Crippen molar-refractivity contribution in [1.29, 1.82) is 0 Å². The van der Waals surface area contributed by atoms with Crippen LogP contribution in [-0.4, -0.2) is 95.3 Å². The molecule has 3 fully saturated rings. The first kappa shape index (κ1) is 25.4. The number of anilines is 2. The minimum atomic E-state index is -0.106. The number of aromatic nitrogens is 4. The molecule has 3 saturated heterocycles. The molecule has 6 rings (SSSR count). The molecule has 0 saturated carbocycles. The second kappa shape index (κ2) is 11.4. The molecule has 1 atom stereocenters. The van der Waals surface area contributed by atoms with Gasteiger partial charge in [0.05, 0.1) is 13.2 Å². The average Bonchev–Trinajstić information content (AvgIpc) is 3.39. The number of amides is 1. The van der Waals surface area contributed by atoms with E-state index < -0.39 is 0 Å². The fourth-order valence-electron chi connectivity index (χ4n) is 5.54. The molecule has 3 aromatic rings. The smallest absolute Gasteiger partial charge is 0.270 e. The highest BCUT2D eigenvalue weighted by Crippen LogP contribution is 2.33. The molecule has 3 aliphatic rings. The third-order valence-corrected chi connectivity index (χ3v) is 8.61. The number of nitrogens with two attached hydrogens (primary N) is 1. The predicted octanol–water partition coefficient (Wildman–Crippen LogP) is 1.64. The Kier molecular flexibility index (Phi) is 7.63. The first-order valence-corrected chi connectivity index (χ1v) is 14.4. The van der Waals surface area contributed by atoms with Gasteiger partial charge in [-0.1, -0.05) is 11.3 Å². The number of nitrogens with zero attached hydrogens (tertiary/aromatic N) is 7. The number of piperidine rings is 2. The van der Waals surface area contributed by atoms with E-state index >= 15 is 0 Å². The van der Waals surface area contributed by atoms with E-state index in [9.17, 15) is 4.79 Å². The molecule has 1 amide bonds. The summed E-state index contributed by atoms with van der Waals surface area (Å²) in [6.07, 6.45) is 7.28. The van der Waals surface area contributed by atoms with Crippen LogP contribution in [0, 0.1) is 0 Å². The number of rotatable bonds is 6. The zero-order valence-electron chi connectivity index (χ0n) is 21.6. The van der Waals surface area contributed by atoms with E-state index in [2.05, 4.69) is 35.0 Å². The maximum atomic E-state index is 13.0. The van der Waals surface area contributed by atoms with Gasteiger partial charge in [-0.3, -0.25) is 14.7 Å². The summed E-state index contributed by atoms with van der Waals surface area (Å²) in [5.41, 5.74) is 8.57. The van der Waals surface area contributed by atoms with Crippen molar-refractivity contribution in [2.75, 3.05) is 62.3 Å². The van der Waals surface area contributed by atoms with E-state index in [0.29, 0.717) is 18.9 Å². The van der Waals surface area contributed by atoms with E-state index in [1.54, 1.807) is 23.9 Å². The molecular weight excluding hydrogens is 502 g/mol. The monoisotopic (exact) mass is 537 g/mol. The molecule has 0 bridgehead atoms. The van der Waals surface area contributed by atoms with E-state index in [1.165, 1.54) is 0 Å². The number of likely N-dealkylation sites (tertiary alicyclic amines) is 1. The summed E-state index contributed by atoms with van der Waals surface area (Å²) in [6, 6.07) is 4.25. The predicted molar refractivity (Wildman–Crippen MR) is 148 cm³/mol. The lowest BCUT2D eigenvalue weighted by Gasteiger charge is -2.32. The maximum absolute atomic E-state index is 13.0.